The van der Waals surface area contributed by atoms with Crippen molar-refractivity contribution in [1.82, 2.24) is 0 Å². The van der Waals surface area contributed by atoms with Crippen LogP contribution >= 0.6 is 7.82 Å². The van der Waals surface area contributed by atoms with Gasteiger partial charge in [-0.15, -0.1) is 0 Å². The van der Waals surface area contributed by atoms with Crippen LogP contribution in [0.4, 0.5) is 0 Å². The number of allylic oxidation sites excluding steroid dienone is 12. The van der Waals surface area contributed by atoms with Crippen LogP contribution in [0, 0.1) is 0 Å². The summed E-state index contributed by atoms with van der Waals surface area (Å²) in [4.78, 5) is 35.0. The Labute approximate surface area is 358 Å². The van der Waals surface area contributed by atoms with E-state index in [2.05, 4.69) is 85.2 Å². The van der Waals surface area contributed by atoms with E-state index < -0.39 is 51.8 Å². The molecule has 0 aromatic rings. The van der Waals surface area contributed by atoms with Crippen molar-refractivity contribution in [3.8, 4) is 0 Å². The first-order valence-electron chi connectivity index (χ1n) is 22.9. The van der Waals surface area contributed by atoms with Crippen molar-refractivity contribution in [2.45, 2.75) is 193 Å². The Balaban J connectivity index is 4.36. The van der Waals surface area contributed by atoms with E-state index in [4.69, 9.17) is 19.1 Å². The molecule has 0 aliphatic rings. The molecule has 0 aliphatic heterocycles. The molecule has 0 fully saturated rings. The number of carbonyl (C=O) groups is 2. The summed E-state index contributed by atoms with van der Waals surface area (Å²) in [5.41, 5.74) is 0. The highest BCUT2D eigenvalue weighted by molar-refractivity contribution is 7.47. The summed E-state index contributed by atoms with van der Waals surface area (Å²) >= 11 is 0. The third-order valence-corrected chi connectivity index (χ3v) is 10.3. The Morgan fingerprint density at radius 2 is 0.898 bits per heavy atom. The average Bonchev–Trinajstić information content (AvgIpc) is 3.22. The standard InChI is InChI=1S/C48H83O10P/c1-3-5-7-9-11-13-15-17-19-21-22-24-26-28-30-32-34-36-38-40-48(52)58-46(44-57-59(53,54)56-42-45(50)41-49)43-55-47(51)39-37-35-33-31-29-27-25-23-20-18-16-14-12-10-8-6-4-2/h11-14,17-20,25,27,31,33,45-46,49-50H,3-10,15-16,21-24,26,28-30,32,34-44H2,1-2H3,(H,53,54)/b13-11+,14-12+,19-17+,20-18+,27-25+,33-31+/t45-,46+/m0/s1. The molecule has 0 bridgehead atoms. The molecular weight excluding hydrogens is 767 g/mol. The molecule has 0 radical (unpaired) electrons. The molecule has 0 aromatic heterocycles. The van der Waals surface area contributed by atoms with Crippen molar-refractivity contribution in [2.24, 2.45) is 0 Å². The normalized spacial score (nSPS) is 14.5. The molecule has 0 saturated heterocycles. The molecule has 0 aliphatic carbocycles. The summed E-state index contributed by atoms with van der Waals surface area (Å²) in [6.07, 6.45) is 50.1. The van der Waals surface area contributed by atoms with Gasteiger partial charge in [0, 0.05) is 12.8 Å². The van der Waals surface area contributed by atoms with E-state index in [9.17, 15) is 24.2 Å². The number of carbonyl (C=O) groups excluding carboxylic acids is 2. The van der Waals surface area contributed by atoms with Gasteiger partial charge in [-0.3, -0.25) is 18.6 Å². The first-order valence-corrected chi connectivity index (χ1v) is 24.4. The molecule has 0 aromatic carbocycles. The van der Waals surface area contributed by atoms with Crippen molar-refractivity contribution in [2.75, 3.05) is 26.4 Å². The molecule has 0 spiro atoms. The number of ether oxygens (including phenoxy) is 2. The van der Waals surface area contributed by atoms with Gasteiger partial charge in [0.05, 0.1) is 19.8 Å². The topological polar surface area (TPSA) is 149 Å². The highest BCUT2D eigenvalue weighted by Crippen LogP contribution is 2.43. The van der Waals surface area contributed by atoms with E-state index in [1.54, 1.807) is 0 Å². The van der Waals surface area contributed by atoms with E-state index in [0.29, 0.717) is 19.3 Å². The van der Waals surface area contributed by atoms with Gasteiger partial charge in [0.25, 0.3) is 0 Å². The highest BCUT2D eigenvalue weighted by atomic mass is 31.2. The fourth-order valence-corrected chi connectivity index (χ4v) is 6.57. The van der Waals surface area contributed by atoms with Crippen LogP contribution in [0.2, 0.25) is 0 Å². The van der Waals surface area contributed by atoms with E-state index in [1.165, 1.54) is 77.0 Å². The van der Waals surface area contributed by atoms with Crippen LogP contribution in [0.5, 0.6) is 0 Å². The maximum atomic E-state index is 12.6. The third kappa shape index (κ3) is 43.3. The minimum Gasteiger partial charge on any atom is -0.462 e. The number of hydrogen-bond acceptors (Lipinski definition) is 9. The average molecular weight is 851 g/mol. The third-order valence-electron chi connectivity index (χ3n) is 9.33. The molecular formula is C48H83O10P. The Morgan fingerprint density at radius 1 is 0.508 bits per heavy atom. The lowest BCUT2D eigenvalue weighted by molar-refractivity contribution is -0.161. The molecule has 0 heterocycles. The van der Waals surface area contributed by atoms with Crippen molar-refractivity contribution in [1.29, 1.82) is 0 Å². The molecule has 3 atom stereocenters. The molecule has 11 heteroatoms. The lowest BCUT2D eigenvalue weighted by Gasteiger charge is -2.20. The summed E-state index contributed by atoms with van der Waals surface area (Å²) in [6, 6.07) is 0. The van der Waals surface area contributed by atoms with Gasteiger partial charge in [-0.2, -0.15) is 0 Å². The number of aliphatic hydroxyl groups is 2. The van der Waals surface area contributed by atoms with Gasteiger partial charge in [0.1, 0.15) is 12.7 Å². The SMILES string of the molecule is CCCCC/C=C/C/C=C/C/C=C/C/C=C/CCCC(=O)OC[C@H](COP(=O)(O)OC[C@@H](O)CO)OC(=O)CCCCCCCCCCC/C=C/C/C=C/CCCCC. The van der Waals surface area contributed by atoms with Gasteiger partial charge in [0.15, 0.2) is 6.10 Å². The Morgan fingerprint density at radius 3 is 1.37 bits per heavy atom. The van der Waals surface area contributed by atoms with Crippen LogP contribution in [-0.4, -0.2) is 65.7 Å². The number of phosphoric acid groups is 1. The summed E-state index contributed by atoms with van der Waals surface area (Å²) < 4.78 is 32.7. The van der Waals surface area contributed by atoms with Crippen LogP contribution in [0.15, 0.2) is 72.9 Å². The number of phosphoric ester groups is 1. The largest absolute Gasteiger partial charge is 0.472 e. The fourth-order valence-electron chi connectivity index (χ4n) is 5.78. The highest BCUT2D eigenvalue weighted by Gasteiger charge is 2.27. The quantitative estimate of drug-likeness (QED) is 0.0234. The van der Waals surface area contributed by atoms with Crippen LogP contribution in [0.1, 0.15) is 181 Å². The number of aliphatic hydroxyl groups excluding tert-OH is 2. The van der Waals surface area contributed by atoms with Crippen molar-refractivity contribution in [3.63, 3.8) is 0 Å². The minimum atomic E-state index is -4.64. The zero-order chi connectivity index (χ0) is 43.3. The summed E-state index contributed by atoms with van der Waals surface area (Å²) in [6.45, 7) is 2.26. The van der Waals surface area contributed by atoms with Gasteiger partial charge >= 0.3 is 19.8 Å². The number of unbranched alkanes of at least 4 members (excludes halogenated alkanes) is 16. The molecule has 0 rings (SSSR count). The van der Waals surface area contributed by atoms with Gasteiger partial charge in [0.2, 0.25) is 0 Å². The molecule has 340 valence electrons. The predicted molar refractivity (Wildman–Crippen MR) is 242 cm³/mol. The fraction of sp³-hybridized carbons (Fsp3) is 0.708. The smallest absolute Gasteiger partial charge is 0.462 e. The minimum absolute atomic E-state index is 0.162. The van der Waals surface area contributed by atoms with E-state index in [-0.39, 0.29) is 19.4 Å². The van der Waals surface area contributed by atoms with Crippen LogP contribution < -0.4 is 0 Å². The van der Waals surface area contributed by atoms with Gasteiger partial charge in [-0.05, 0) is 83.5 Å². The lowest BCUT2D eigenvalue weighted by Crippen LogP contribution is -2.29. The first kappa shape index (κ1) is 56.4. The van der Waals surface area contributed by atoms with Crippen LogP contribution in [0.25, 0.3) is 0 Å². The van der Waals surface area contributed by atoms with Gasteiger partial charge in [-0.1, -0.05) is 157 Å². The zero-order valence-corrected chi connectivity index (χ0v) is 37.8. The molecule has 10 nitrogen and oxygen atoms in total. The predicted octanol–water partition coefficient (Wildman–Crippen LogP) is 12.4. The Bertz CT molecular complexity index is 1210. The molecule has 1 unspecified atom stereocenters. The number of rotatable bonds is 42. The van der Waals surface area contributed by atoms with E-state index >= 15 is 0 Å². The Hall–Kier alpha value is -2.59. The second-order valence-electron chi connectivity index (χ2n) is 15.1. The first-order chi connectivity index (χ1) is 28.7. The van der Waals surface area contributed by atoms with Crippen LogP contribution in [-0.2, 0) is 32.7 Å². The summed E-state index contributed by atoms with van der Waals surface area (Å²) in [5.74, 6) is -0.999. The Kier molecular flexibility index (Phi) is 41.6. The van der Waals surface area contributed by atoms with Crippen molar-refractivity contribution in [3.05, 3.63) is 72.9 Å². The molecule has 0 saturated carbocycles. The maximum Gasteiger partial charge on any atom is 0.472 e. The van der Waals surface area contributed by atoms with Crippen molar-refractivity contribution < 1.29 is 47.8 Å². The monoisotopic (exact) mass is 851 g/mol. The number of hydrogen-bond donors (Lipinski definition) is 3. The summed E-state index contributed by atoms with van der Waals surface area (Å²) in [5, 5.41) is 18.4. The van der Waals surface area contributed by atoms with Crippen molar-refractivity contribution >= 4 is 19.8 Å². The molecule has 3 N–H and O–H groups in total. The second kappa shape index (κ2) is 43.5. The lowest BCUT2D eigenvalue weighted by atomic mass is 10.1. The van der Waals surface area contributed by atoms with E-state index in [1.807, 2.05) is 6.08 Å². The van der Waals surface area contributed by atoms with Crippen LogP contribution in [0.3, 0.4) is 0 Å². The zero-order valence-electron chi connectivity index (χ0n) is 36.9. The second-order valence-corrected chi connectivity index (χ2v) is 16.5. The van der Waals surface area contributed by atoms with E-state index in [0.717, 1.165) is 57.8 Å². The molecule has 59 heavy (non-hydrogen) atoms. The molecule has 0 amide bonds. The maximum absolute atomic E-state index is 12.6. The number of esters is 2. The summed E-state index contributed by atoms with van der Waals surface area (Å²) in [7, 11) is -4.64. The van der Waals surface area contributed by atoms with Gasteiger partial charge in [-0.25, -0.2) is 4.57 Å². The van der Waals surface area contributed by atoms with Gasteiger partial charge < -0.3 is 24.6 Å².